The molecule has 0 bridgehead atoms. The molecule has 1 saturated heterocycles. The van der Waals surface area contributed by atoms with Crippen LogP contribution in [0, 0.1) is 0 Å². The average Bonchev–Trinajstić information content (AvgIpc) is 2.37. The van der Waals surface area contributed by atoms with Gasteiger partial charge in [0, 0.05) is 30.6 Å². The molecule has 19 heavy (non-hydrogen) atoms. The number of piperidine rings is 1. The zero-order chi connectivity index (χ0) is 14.0. The Bertz CT molecular complexity index is 481. The third-order valence-corrected chi connectivity index (χ3v) is 3.74. The van der Waals surface area contributed by atoms with E-state index in [0.29, 0.717) is 0 Å². The van der Waals surface area contributed by atoms with Crippen LogP contribution in [0.4, 0.5) is 5.82 Å². The van der Waals surface area contributed by atoms with Gasteiger partial charge in [-0.15, -0.1) is 0 Å². The van der Waals surface area contributed by atoms with Crippen molar-refractivity contribution in [3.05, 3.63) is 22.2 Å². The molecular weight excluding hydrogens is 240 g/mol. The van der Waals surface area contributed by atoms with Crippen molar-refractivity contribution in [3.63, 3.8) is 0 Å². The van der Waals surface area contributed by atoms with Crippen LogP contribution in [-0.2, 0) is 0 Å². The smallest absolute Gasteiger partial charge is 0.252 e. The van der Waals surface area contributed by atoms with Crippen LogP contribution in [0.15, 0.2) is 10.9 Å². The zero-order valence-electron chi connectivity index (χ0n) is 12.0. The van der Waals surface area contributed by atoms with E-state index >= 15 is 0 Å². The van der Waals surface area contributed by atoms with Crippen LogP contribution < -0.4 is 16.2 Å². The largest absolute Gasteiger partial charge is 0.352 e. The van der Waals surface area contributed by atoms with E-state index < -0.39 is 0 Å². The monoisotopic (exact) mass is 264 g/mol. The standard InChI is InChI=1S/C14H24N4O/c1-9(2)14-16-12(8-13(19)17-14)18-7-5-4-6-11(18)10(3)15/h8-11H,4-7,15H2,1-3H3,(H,16,17,19). The Balaban J connectivity index is 2.36. The van der Waals surface area contributed by atoms with Crippen LogP contribution in [0.25, 0.3) is 0 Å². The Kier molecular flexibility index (Phi) is 4.24. The first-order valence-corrected chi connectivity index (χ1v) is 7.12. The van der Waals surface area contributed by atoms with E-state index in [9.17, 15) is 4.79 Å². The van der Waals surface area contributed by atoms with Crippen molar-refractivity contribution < 1.29 is 0 Å². The lowest BCUT2D eigenvalue weighted by Crippen LogP contribution is -2.50. The highest BCUT2D eigenvalue weighted by molar-refractivity contribution is 5.40. The molecule has 0 spiro atoms. The van der Waals surface area contributed by atoms with Gasteiger partial charge in [-0.25, -0.2) is 4.98 Å². The van der Waals surface area contributed by atoms with Gasteiger partial charge >= 0.3 is 0 Å². The minimum atomic E-state index is -0.0808. The van der Waals surface area contributed by atoms with Gasteiger partial charge in [0.25, 0.3) is 5.56 Å². The van der Waals surface area contributed by atoms with Crippen LogP contribution in [0.3, 0.4) is 0 Å². The minimum absolute atomic E-state index is 0.0808. The summed E-state index contributed by atoms with van der Waals surface area (Å²) in [5, 5.41) is 0. The maximum absolute atomic E-state index is 11.8. The van der Waals surface area contributed by atoms with E-state index in [-0.39, 0.29) is 23.6 Å². The summed E-state index contributed by atoms with van der Waals surface area (Å²) < 4.78 is 0. The molecular formula is C14H24N4O. The van der Waals surface area contributed by atoms with Crippen molar-refractivity contribution in [1.82, 2.24) is 9.97 Å². The van der Waals surface area contributed by atoms with Gasteiger partial charge in [0.15, 0.2) is 0 Å². The second kappa shape index (κ2) is 5.74. The second-order valence-corrected chi connectivity index (χ2v) is 5.76. The molecule has 1 fully saturated rings. The summed E-state index contributed by atoms with van der Waals surface area (Å²) in [4.78, 5) is 21.4. The topological polar surface area (TPSA) is 75.0 Å². The molecule has 3 N–H and O–H groups in total. The number of aromatic nitrogens is 2. The number of anilines is 1. The predicted molar refractivity (Wildman–Crippen MR) is 77.6 cm³/mol. The van der Waals surface area contributed by atoms with E-state index in [1.165, 1.54) is 6.42 Å². The molecule has 0 radical (unpaired) electrons. The molecule has 106 valence electrons. The summed E-state index contributed by atoms with van der Waals surface area (Å²) in [6.07, 6.45) is 3.40. The second-order valence-electron chi connectivity index (χ2n) is 5.76. The Morgan fingerprint density at radius 1 is 1.42 bits per heavy atom. The molecule has 0 aromatic carbocycles. The molecule has 2 heterocycles. The van der Waals surface area contributed by atoms with Crippen LogP contribution in [0.2, 0.25) is 0 Å². The highest BCUT2D eigenvalue weighted by atomic mass is 16.1. The van der Waals surface area contributed by atoms with Crippen LogP contribution in [-0.4, -0.2) is 28.6 Å². The van der Waals surface area contributed by atoms with Gasteiger partial charge in [-0.2, -0.15) is 0 Å². The quantitative estimate of drug-likeness (QED) is 0.869. The maximum Gasteiger partial charge on any atom is 0.252 e. The molecule has 1 aliphatic heterocycles. The van der Waals surface area contributed by atoms with E-state index in [0.717, 1.165) is 31.0 Å². The van der Waals surface area contributed by atoms with Crippen molar-refractivity contribution >= 4 is 5.82 Å². The van der Waals surface area contributed by atoms with Gasteiger partial charge in [-0.3, -0.25) is 4.79 Å². The number of aromatic amines is 1. The van der Waals surface area contributed by atoms with Crippen molar-refractivity contribution in [3.8, 4) is 0 Å². The average molecular weight is 264 g/mol. The van der Waals surface area contributed by atoms with E-state index in [1.807, 2.05) is 20.8 Å². The number of hydrogen-bond acceptors (Lipinski definition) is 4. The lowest BCUT2D eigenvalue weighted by molar-refractivity contribution is 0.410. The molecule has 1 aromatic rings. The minimum Gasteiger partial charge on any atom is -0.352 e. The molecule has 0 aliphatic carbocycles. The number of nitrogens with zero attached hydrogens (tertiary/aromatic N) is 2. The van der Waals surface area contributed by atoms with E-state index in [2.05, 4.69) is 14.9 Å². The third-order valence-electron chi connectivity index (χ3n) is 3.74. The Morgan fingerprint density at radius 3 is 2.79 bits per heavy atom. The van der Waals surface area contributed by atoms with E-state index in [1.54, 1.807) is 6.07 Å². The Morgan fingerprint density at radius 2 is 2.16 bits per heavy atom. The Labute approximate surface area is 114 Å². The summed E-state index contributed by atoms with van der Waals surface area (Å²) in [6.45, 7) is 7.02. The van der Waals surface area contributed by atoms with Crippen molar-refractivity contribution in [2.45, 2.75) is 58.0 Å². The molecule has 1 aliphatic rings. The SMILES string of the molecule is CC(C)c1nc(N2CCCCC2C(C)N)cc(=O)[nH]1. The molecule has 0 saturated carbocycles. The van der Waals surface area contributed by atoms with Crippen molar-refractivity contribution in [2.75, 3.05) is 11.4 Å². The maximum atomic E-state index is 11.8. The number of nitrogens with one attached hydrogen (secondary N) is 1. The lowest BCUT2D eigenvalue weighted by Gasteiger charge is -2.39. The van der Waals surface area contributed by atoms with Gasteiger partial charge in [-0.05, 0) is 26.2 Å². The summed E-state index contributed by atoms with van der Waals surface area (Å²) in [6, 6.07) is 1.96. The first-order chi connectivity index (χ1) is 8.99. The number of H-pyrrole nitrogens is 1. The fourth-order valence-electron chi connectivity index (χ4n) is 2.67. The molecule has 2 unspecified atom stereocenters. The van der Waals surface area contributed by atoms with Gasteiger partial charge in [-0.1, -0.05) is 13.8 Å². The van der Waals surface area contributed by atoms with Crippen molar-refractivity contribution in [2.24, 2.45) is 5.73 Å². The zero-order valence-corrected chi connectivity index (χ0v) is 12.0. The van der Waals surface area contributed by atoms with E-state index in [4.69, 9.17) is 5.73 Å². The van der Waals surface area contributed by atoms with Gasteiger partial charge in [0.05, 0.1) is 0 Å². The summed E-state index contributed by atoms with van der Waals surface area (Å²) in [5.74, 6) is 1.73. The van der Waals surface area contributed by atoms with Crippen LogP contribution in [0.1, 0.15) is 51.8 Å². The number of rotatable bonds is 3. The van der Waals surface area contributed by atoms with Gasteiger partial charge in [0.2, 0.25) is 0 Å². The van der Waals surface area contributed by atoms with Gasteiger partial charge in [0.1, 0.15) is 11.6 Å². The normalized spacial score (nSPS) is 21.7. The third kappa shape index (κ3) is 3.15. The molecule has 5 heteroatoms. The van der Waals surface area contributed by atoms with Crippen LogP contribution >= 0.6 is 0 Å². The summed E-state index contributed by atoms with van der Waals surface area (Å²) >= 11 is 0. The molecule has 2 rings (SSSR count). The number of nitrogens with two attached hydrogens (primary N) is 1. The summed E-state index contributed by atoms with van der Waals surface area (Å²) in [5.41, 5.74) is 5.99. The first kappa shape index (κ1) is 14.1. The number of hydrogen-bond donors (Lipinski definition) is 2. The molecule has 1 aromatic heterocycles. The van der Waals surface area contributed by atoms with Crippen molar-refractivity contribution in [1.29, 1.82) is 0 Å². The lowest BCUT2D eigenvalue weighted by atomic mass is 9.97. The highest BCUT2D eigenvalue weighted by Crippen LogP contribution is 2.24. The summed E-state index contributed by atoms with van der Waals surface area (Å²) in [7, 11) is 0. The fraction of sp³-hybridized carbons (Fsp3) is 0.714. The highest BCUT2D eigenvalue weighted by Gasteiger charge is 2.27. The molecule has 0 amide bonds. The molecule has 5 nitrogen and oxygen atoms in total. The van der Waals surface area contributed by atoms with Crippen LogP contribution in [0.5, 0.6) is 0 Å². The first-order valence-electron chi connectivity index (χ1n) is 7.12. The van der Waals surface area contributed by atoms with Gasteiger partial charge < -0.3 is 15.6 Å². The molecule has 2 atom stereocenters. The Hall–Kier alpha value is -1.36. The fourth-order valence-corrected chi connectivity index (χ4v) is 2.67. The predicted octanol–water partition coefficient (Wildman–Crippen LogP) is 1.60.